The van der Waals surface area contributed by atoms with Crippen LogP contribution in [0.4, 0.5) is 0 Å². The monoisotopic (exact) mass is 272 g/mol. The second-order valence-corrected chi connectivity index (χ2v) is 5.49. The largest absolute Gasteiger partial charge is 0.391 e. The fourth-order valence-corrected chi connectivity index (χ4v) is 3.29. The molecule has 0 radical (unpaired) electrons. The quantitative estimate of drug-likeness (QED) is 0.630. The predicted octanol–water partition coefficient (Wildman–Crippen LogP) is 1.68. The molecule has 6 heteroatoms. The van der Waals surface area contributed by atoms with E-state index in [0.29, 0.717) is 5.39 Å². The van der Waals surface area contributed by atoms with Crippen molar-refractivity contribution < 1.29 is 5.11 Å². The molecule has 3 N–H and O–H groups in total. The van der Waals surface area contributed by atoms with Gasteiger partial charge in [-0.25, -0.2) is 4.98 Å². The molecular formula is C14H16N4O2. The van der Waals surface area contributed by atoms with Gasteiger partial charge in [-0.05, 0) is 18.9 Å². The van der Waals surface area contributed by atoms with Gasteiger partial charge in [0.25, 0.3) is 5.56 Å². The molecule has 1 aliphatic carbocycles. The lowest BCUT2D eigenvalue weighted by molar-refractivity contribution is 0.0715. The molecule has 104 valence electrons. The lowest BCUT2D eigenvalue weighted by Gasteiger charge is -2.28. The van der Waals surface area contributed by atoms with E-state index in [1.807, 2.05) is 16.9 Å². The van der Waals surface area contributed by atoms with Gasteiger partial charge in [-0.15, -0.1) is 0 Å². The van der Waals surface area contributed by atoms with E-state index in [2.05, 4.69) is 15.1 Å². The van der Waals surface area contributed by atoms with E-state index in [1.54, 1.807) is 6.20 Å². The minimum Gasteiger partial charge on any atom is -0.391 e. The van der Waals surface area contributed by atoms with Gasteiger partial charge in [0.05, 0.1) is 23.0 Å². The molecule has 1 aliphatic rings. The third-order valence-corrected chi connectivity index (χ3v) is 4.29. The number of aliphatic hydroxyl groups excluding tert-OH is 1. The number of nitrogens with zero attached hydrogens (tertiary/aromatic N) is 2. The number of pyridine rings is 1. The molecule has 2 unspecified atom stereocenters. The summed E-state index contributed by atoms with van der Waals surface area (Å²) in [5.74, 6) is 0. The molecule has 0 aromatic carbocycles. The molecule has 3 aromatic rings. The average molecular weight is 272 g/mol. The Balaban J connectivity index is 2.03. The third-order valence-electron chi connectivity index (χ3n) is 4.29. The molecule has 0 amide bonds. The summed E-state index contributed by atoms with van der Waals surface area (Å²) < 4.78 is 1.85. The lowest BCUT2D eigenvalue weighted by atomic mass is 9.92. The zero-order valence-electron chi connectivity index (χ0n) is 11.0. The van der Waals surface area contributed by atoms with E-state index in [9.17, 15) is 9.90 Å². The van der Waals surface area contributed by atoms with Crippen LogP contribution < -0.4 is 5.56 Å². The average Bonchev–Trinajstić information content (AvgIpc) is 3.04. The smallest absolute Gasteiger partial charge is 0.273 e. The van der Waals surface area contributed by atoms with Crippen LogP contribution in [0.5, 0.6) is 0 Å². The van der Waals surface area contributed by atoms with Crippen LogP contribution in [0.3, 0.4) is 0 Å². The standard InChI is InChI=1S/C14H16N4O2/c19-11-4-2-1-3-10(11)18-12-8-5-6-15-13(8)16-7-9(12)14(20)17-18/h5-7,10-11,19H,1-4H2,(H,15,16)(H,17,20). The Bertz CT molecular complexity index is 829. The molecule has 0 spiro atoms. The molecule has 0 saturated heterocycles. The molecular weight excluding hydrogens is 256 g/mol. The number of aliphatic hydroxyl groups is 1. The zero-order chi connectivity index (χ0) is 13.7. The number of rotatable bonds is 1. The summed E-state index contributed by atoms with van der Waals surface area (Å²) in [5, 5.41) is 14.6. The number of aromatic amines is 2. The van der Waals surface area contributed by atoms with Gasteiger partial charge < -0.3 is 10.1 Å². The van der Waals surface area contributed by atoms with Crippen LogP contribution >= 0.6 is 0 Å². The van der Waals surface area contributed by atoms with Crippen molar-refractivity contribution in [3.8, 4) is 0 Å². The Morgan fingerprint density at radius 2 is 2.15 bits per heavy atom. The van der Waals surface area contributed by atoms with Gasteiger partial charge in [0, 0.05) is 17.8 Å². The molecule has 20 heavy (non-hydrogen) atoms. The third kappa shape index (κ3) is 1.54. The van der Waals surface area contributed by atoms with Crippen LogP contribution in [0.25, 0.3) is 21.9 Å². The van der Waals surface area contributed by atoms with Gasteiger partial charge in [-0.3, -0.25) is 14.6 Å². The van der Waals surface area contributed by atoms with E-state index in [-0.39, 0.29) is 11.6 Å². The van der Waals surface area contributed by atoms with Crippen LogP contribution in [0.15, 0.2) is 23.3 Å². The number of nitrogens with one attached hydrogen (secondary N) is 2. The molecule has 0 bridgehead atoms. The summed E-state index contributed by atoms with van der Waals surface area (Å²) in [6, 6.07) is 1.86. The number of hydrogen-bond donors (Lipinski definition) is 3. The van der Waals surface area contributed by atoms with Crippen molar-refractivity contribution in [2.75, 3.05) is 0 Å². The first kappa shape index (κ1) is 11.7. The highest BCUT2D eigenvalue weighted by molar-refractivity contribution is 6.02. The summed E-state index contributed by atoms with van der Waals surface area (Å²) in [4.78, 5) is 19.4. The van der Waals surface area contributed by atoms with E-state index in [4.69, 9.17) is 0 Å². The Morgan fingerprint density at radius 3 is 3.00 bits per heavy atom. The minimum atomic E-state index is -0.405. The van der Waals surface area contributed by atoms with Crippen molar-refractivity contribution in [3.05, 3.63) is 28.8 Å². The van der Waals surface area contributed by atoms with Gasteiger partial charge in [0.1, 0.15) is 5.65 Å². The van der Waals surface area contributed by atoms with E-state index in [0.717, 1.165) is 42.2 Å². The van der Waals surface area contributed by atoms with Crippen molar-refractivity contribution in [1.29, 1.82) is 0 Å². The Labute approximate surface area is 114 Å². The normalized spacial score (nSPS) is 23.6. The Morgan fingerprint density at radius 1 is 1.30 bits per heavy atom. The summed E-state index contributed by atoms with van der Waals surface area (Å²) in [6.45, 7) is 0. The summed E-state index contributed by atoms with van der Waals surface area (Å²) in [5.41, 5.74) is 1.45. The highest BCUT2D eigenvalue weighted by Gasteiger charge is 2.27. The van der Waals surface area contributed by atoms with Gasteiger partial charge in [0.15, 0.2) is 0 Å². The van der Waals surface area contributed by atoms with Crippen LogP contribution in [-0.2, 0) is 0 Å². The second-order valence-electron chi connectivity index (χ2n) is 5.49. The van der Waals surface area contributed by atoms with Crippen molar-refractivity contribution in [3.63, 3.8) is 0 Å². The summed E-state index contributed by atoms with van der Waals surface area (Å²) >= 11 is 0. The first-order valence-electron chi connectivity index (χ1n) is 7.00. The van der Waals surface area contributed by atoms with Crippen molar-refractivity contribution in [2.24, 2.45) is 0 Å². The molecule has 2 atom stereocenters. The van der Waals surface area contributed by atoms with Gasteiger partial charge in [-0.1, -0.05) is 12.8 Å². The molecule has 6 nitrogen and oxygen atoms in total. The van der Waals surface area contributed by atoms with Gasteiger partial charge >= 0.3 is 0 Å². The maximum atomic E-state index is 12.1. The minimum absolute atomic E-state index is 0.0607. The van der Waals surface area contributed by atoms with E-state index in [1.165, 1.54) is 0 Å². The van der Waals surface area contributed by atoms with Crippen molar-refractivity contribution in [1.82, 2.24) is 19.7 Å². The molecule has 4 rings (SSSR count). The molecule has 3 heterocycles. The van der Waals surface area contributed by atoms with Gasteiger partial charge in [0.2, 0.25) is 0 Å². The van der Waals surface area contributed by atoms with Crippen LogP contribution in [0.1, 0.15) is 31.7 Å². The Hall–Kier alpha value is -2.08. The number of aromatic nitrogens is 4. The highest BCUT2D eigenvalue weighted by atomic mass is 16.3. The highest BCUT2D eigenvalue weighted by Crippen LogP contribution is 2.31. The summed E-state index contributed by atoms with van der Waals surface area (Å²) in [7, 11) is 0. The fraction of sp³-hybridized carbons (Fsp3) is 0.429. The molecule has 0 aliphatic heterocycles. The SMILES string of the molecule is O=c1[nH]n(C2CCCCC2O)c2c1cnc1[nH]ccc12. The molecule has 3 aromatic heterocycles. The summed E-state index contributed by atoms with van der Waals surface area (Å²) in [6.07, 6.45) is 6.79. The van der Waals surface area contributed by atoms with Crippen LogP contribution in [0.2, 0.25) is 0 Å². The fourth-order valence-electron chi connectivity index (χ4n) is 3.29. The zero-order valence-corrected chi connectivity index (χ0v) is 11.0. The second kappa shape index (κ2) is 4.21. The van der Waals surface area contributed by atoms with E-state index < -0.39 is 6.10 Å². The first-order valence-corrected chi connectivity index (χ1v) is 7.00. The number of H-pyrrole nitrogens is 2. The van der Waals surface area contributed by atoms with E-state index >= 15 is 0 Å². The maximum Gasteiger partial charge on any atom is 0.273 e. The topological polar surface area (TPSA) is 86.7 Å². The maximum absolute atomic E-state index is 12.1. The van der Waals surface area contributed by atoms with Crippen molar-refractivity contribution >= 4 is 21.9 Å². The van der Waals surface area contributed by atoms with Crippen LogP contribution in [0, 0.1) is 0 Å². The first-order chi connectivity index (χ1) is 9.75. The van der Waals surface area contributed by atoms with Gasteiger partial charge in [-0.2, -0.15) is 0 Å². The number of fused-ring (bicyclic) bond motifs is 3. The predicted molar refractivity (Wildman–Crippen MR) is 75.7 cm³/mol. The lowest BCUT2D eigenvalue weighted by Crippen LogP contribution is -2.29. The number of hydrogen-bond acceptors (Lipinski definition) is 3. The Kier molecular flexibility index (Phi) is 2.47. The molecule has 1 fully saturated rings. The van der Waals surface area contributed by atoms with Crippen molar-refractivity contribution in [2.45, 2.75) is 37.8 Å². The molecule has 1 saturated carbocycles. The van der Waals surface area contributed by atoms with Crippen LogP contribution in [-0.4, -0.2) is 31.0 Å².